The van der Waals surface area contributed by atoms with Gasteiger partial charge in [-0.2, -0.15) is 0 Å². The summed E-state index contributed by atoms with van der Waals surface area (Å²) < 4.78 is 7.46. The van der Waals surface area contributed by atoms with Gasteiger partial charge in [-0.05, 0) is 25.6 Å². The maximum absolute atomic E-state index is 5.65. The molecule has 0 saturated carbocycles. The number of hydrogen-bond donors (Lipinski definition) is 1. The van der Waals surface area contributed by atoms with Crippen LogP contribution in [0.4, 0.5) is 0 Å². The van der Waals surface area contributed by atoms with E-state index in [0.717, 1.165) is 24.5 Å². The lowest BCUT2D eigenvalue weighted by molar-refractivity contribution is 0.289. The van der Waals surface area contributed by atoms with Crippen LogP contribution in [0.5, 0.6) is 5.75 Å². The van der Waals surface area contributed by atoms with Crippen molar-refractivity contribution in [1.82, 2.24) is 20.3 Å². The van der Waals surface area contributed by atoms with Crippen LogP contribution in [0.25, 0.3) is 0 Å². The molecule has 2 aromatic rings. The molecule has 0 aliphatic rings. The second-order valence-corrected chi connectivity index (χ2v) is 4.41. The number of ether oxygens (including phenoxy) is 1. The number of nitrogens with zero attached hydrogens (tertiary/aromatic N) is 3. The van der Waals surface area contributed by atoms with Crippen LogP contribution in [0, 0.1) is 6.92 Å². The lowest BCUT2D eigenvalue weighted by Gasteiger charge is -2.05. The van der Waals surface area contributed by atoms with Gasteiger partial charge in [0.05, 0.1) is 12.2 Å². The van der Waals surface area contributed by atoms with Crippen molar-refractivity contribution < 1.29 is 4.74 Å². The van der Waals surface area contributed by atoms with Gasteiger partial charge in [0.2, 0.25) is 0 Å². The summed E-state index contributed by atoms with van der Waals surface area (Å²) in [5.41, 5.74) is 2.19. The lowest BCUT2D eigenvalue weighted by atomic mass is 10.2. The molecule has 0 bridgehead atoms. The van der Waals surface area contributed by atoms with Crippen LogP contribution in [0.3, 0.4) is 0 Å². The molecule has 0 radical (unpaired) electrons. The van der Waals surface area contributed by atoms with Crippen LogP contribution >= 0.6 is 0 Å². The van der Waals surface area contributed by atoms with Gasteiger partial charge in [0.15, 0.2) is 0 Å². The molecule has 102 valence electrons. The van der Waals surface area contributed by atoms with Crippen LogP contribution in [0.15, 0.2) is 30.5 Å². The molecule has 0 fully saturated rings. The first-order valence-electron chi connectivity index (χ1n) is 6.57. The fraction of sp³-hybridized carbons (Fsp3) is 0.429. The number of nitrogens with one attached hydrogen (secondary N) is 1. The van der Waals surface area contributed by atoms with Gasteiger partial charge in [-0.25, -0.2) is 4.68 Å². The maximum Gasteiger partial charge on any atom is 0.119 e. The van der Waals surface area contributed by atoms with Crippen molar-refractivity contribution in [3.05, 3.63) is 41.7 Å². The summed E-state index contributed by atoms with van der Waals surface area (Å²) in [5.74, 6) is 0.888. The second kappa shape index (κ2) is 6.89. The SMILES string of the molecule is CCNCc1cn(CCOc2ccc(C)cc2)nn1. The molecule has 0 spiro atoms. The van der Waals surface area contributed by atoms with Crippen molar-refractivity contribution in [2.75, 3.05) is 13.2 Å². The molecule has 19 heavy (non-hydrogen) atoms. The van der Waals surface area contributed by atoms with E-state index in [0.29, 0.717) is 13.2 Å². The highest BCUT2D eigenvalue weighted by Gasteiger charge is 2.00. The van der Waals surface area contributed by atoms with E-state index in [1.54, 1.807) is 4.68 Å². The van der Waals surface area contributed by atoms with Crippen LogP contribution in [-0.2, 0) is 13.1 Å². The number of aromatic nitrogens is 3. The predicted molar refractivity (Wildman–Crippen MR) is 74.1 cm³/mol. The highest BCUT2D eigenvalue weighted by Crippen LogP contribution is 2.11. The van der Waals surface area contributed by atoms with Gasteiger partial charge in [0.25, 0.3) is 0 Å². The van der Waals surface area contributed by atoms with Crippen LogP contribution in [0.1, 0.15) is 18.2 Å². The molecule has 0 aliphatic carbocycles. The number of aryl methyl sites for hydroxylation is 1. The maximum atomic E-state index is 5.65. The normalized spacial score (nSPS) is 10.6. The van der Waals surface area contributed by atoms with Gasteiger partial charge < -0.3 is 10.1 Å². The third kappa shape index (κ3) is 4.37. The molecule has 0 amide bonds. The second-order valence-electron chi connectivity index (χ2n) is 4.41. The Morgan fingerprint density at radius 1 is 1.26 bits per heavy atom. The fourth-order valence-corrected chi connectivity index (χ4v) is 1.67. The quantitative estimate of drug-likeness (QED) is 0.824. The molecular weight excluding hydrogens is 240 g/mol. The molecule has 0 unspecified atom stereocenters. The highest BCUT2D eigenvalue weighted by molar-refractivity contribution is 5.26. The fourth-order valence-electron chi connectivity index (χ4n) is 1.67. The molecule has 1 aromatic heterocycles. The van der Waals surface area contributed by atoms with E-state index in [1.165, 1.54) is 5.56 Å². The summed E-state index contributed by atoms with van der Waals surface area (Å²) in [6.45, 7) is 7.11. The van der Waals surface area contributed by atoms with Crippen molar-refractivity contribution in [2.45, 2.75) is 26.9 Å². The molecule has 5 nitrogen and oxygen atoms in total. The Bertz CT molecular complexity index is 492. The highest BCUT2D eigenvalue weighted by atomic mass is 16.5. The first-order valence-corrected chi connectivity index (χ1v) is 6.57. The molecule has 0 atom stereocenters. The van der Waals surface area contributed by atoms with E-state index in [2.05, 4.69) is 29.5 Å². The molecule has 0 aliphatic heterocycles. The first-order chi connectivity index (χ1) is 9.28. The standard InChI is InChI=1S/C14H20N4O/c1-3-15-10-13-11-18(17-16-13)8-9-19-14-6-4-12(2)5-7-14/h4-7,11,15H,3,8-10H2,1-2H3. The van der Waals surface area contributed by atoms with E-state index >= 15 is 0 Å². The van der Waals surface area contributed by atoms with Gasteiger partial charge >= 0.3 is 0 Å². The lowest BCUT2D eigenvalue weighted by Crippen LogP contribution is -2.12. The summed E-state index contributed by atoms with van der Waals surface area (Å²) in [7, 11) is 0. The van der Waals surface area contributed by atoms with Crippen molar-refractivity contribution in [2.24, 2.45) is 0 Å². The van der Waals surface area contributed by atoms with E-state index in [4.69, 9.17) is 4.74 Å². The first kappa shape index (κ1) is 13.5. The Balaban J connectivity index is 1.76. The van der Waals surface area contributed by atoms with Crippen molar-refractivity contribution in [1.29, 1.82) is 0 Å². The molecule has 1 heterocycles. The van der Waals surface area contributed by atoms with Crippen molar-refractivity contribution in [3.8, 4) is 5.75 Å². The van der Waals surface area contributed by atoms with E-state index < -0.39 is 0 Å². The predicted octanol–water partition coefficient (Wildman–Crippen LogP) is 1.78. The summed E-state index contributed by atoms with van der Waals surface area (Å²) in [6, 6.07) is 8.04. The minimum absolute atomic E-state index is 0.590. The van der Waals surface area contributed by atoms with Gasteiger partial charge in [0, 0.05) is 12.7 Å². The third-order valence-corrected chi connectivity index (χ3v) is 2.75. The van der Waals surface area contributed by atoms with Gasteiger partial charge in [-0.3, -0.25) is 0 Å². The number of hydrogen-bond acceptors (Lipinski definition) is 4. The molecule has 2 rings (SSSR count). The average Bonchev–Trinajstić information content (AvgIpc) is 2.87. The van der Waals surface area contributed by atoms with E-state index in [-0.39, 0.29) is 0 Å². The van der Waals surface area contributed by atoms with Gasteiger partial charge in [-0.1, -0.05) is 29.8 Å². The Kier molecular flexibility index (Phi) is 4.92. The largest absolute Gasteiger partial charge is 0.492 e. The molecule has 5 heteroatoms. The summed E-state index contributed by atoms with van der Waals surface area (Å²) in [5, 5.41) is 11.4. The number of rotatable bonds is 7. The monoisotopic (exact) mass is 260 g/mol. The molecule has 0 saturated heterocycles. The van der Waals surface area contributed by atoms with Gasteiger partial charge in [-0.15, -0.1) is 5.10 Å². The zero-order valence-electron chi connectivity index (χ0n) is 11.5. The van der Waals surface area contributed by atoms with Crippen molar-refractivity contribution in [3.63, 3.8) is 0 Å². The average molecular weight is 260 g/mol. The van der Waals surface area contributed by atoms with Crippen LogP contribution in [0.2, 0.25) is 0 Å². The molecule has 1 aromatic carbocycles. The Morgan fingerprint density at radius 3 is 2.79 bits per heavy atom. The van der Waals surface area contributed by atoms with E-state index in [1.807, 2.05) is 30.5 Å². The Hall–Kier alpha value is -1.88. The smallest absolute Gasteiger partial charge is 0.119 e. The number of benzene rings is 1. The van der Waals surface area contributed by atoms with Crippen molar-refractivity contribution >= 4 is 0 Å². The summed E-state index contributed by atoms with van der Waals surface area (Å²) in [6.07, 6.45) is 1.95. The van der Waals surface area contributed by atoms with Gasteiger partial charge in [0.1, 0.15) is 12.4 Å². The zero-order valence-corrected chi connectivity index (χ0v) is 11.5. The van der Waals surface area contributed by atoms with Crippen LogP contribution in [-0.4, -0.2) is 28.1 Å². The summed E-state index contributed by atoms with van der Waals surface area (Å²) >= 11 is 0. The Morgan fingerprint density at radius 2 is 2.05 bits per heavy atom. The zero-order chi connectivity index (χ0) is 13.5. The minimum atomic E-state index is 0.590. The molecular formula is C14H20N4O. The summed E-state index contributed by atoms with van der Waals surface area (Å²) in [4.78, 5) is 0. The van der Waals surface area contributed by atoms with E-state index in [9.17, 15) is 0 Å². The Labute approximate surface area is 113 Å². The topological polar surface area (TPSA) is 52.0 Å². The minimum Gasteiger partial charge on any atom is -0.492 e. The third-order valence-electron chi connectivity index (χ3n) is 2.75. The molecule has 1 N–H and O–H groups in total. The van der Waals surface area contributed by atoms with Crippen LogP contribution < -0.4 is 10.1 Å².